The average molecular weight is 265 g/mol. The SMILES string of the molecule is CC(C)c1cc(N2CCC(OCCO)CC2)ncn1. The molecular formula is C14H23N3O2. The van der Waals surface area contributed by atoms with Crippen LogP contribution in [0, 0.1) is 0 Å². The van der Waals surface area contributed by atoms with Gasteiger partial charge < -0.3 is 14.7 Å². The van der Waals surface area contributed by atoms with Crippen molar-refractivity contribution in [3.8, 4) is 0 Å². The number of nitrogens with zero attached hydrogens (tertiary/aromatic N) is 3. The molecule has 2 heterocycles. The maximum absolute atomic E-state index is 8.76. The molecule has 19 heavy (non-hydrogen) atoms. The second kappa shape index (κ2) is 6.82. The van der Waals surface area contributed by atoms with Crippen molar-refractivity contribution in [2.24, 2.45) is 0 Å². The third-order valence-electron chi connectivity index (χ3n) is 3.48. The van der Waals surface area contributed by atoms with Crippen LogP contribution in [0.15, 0.2) is 12.4 Å². The van der Waals surface area contributed by atoms with Crippen LogP contribution >= 0.6 is 0 Å². The fraction of sp³-hybridized carbons (Fsp3) is 0.714. The number of rotatable bonds is 5. The van der Waals surface area contributed by atoms with Crippen LogP contribution in [0.3, 0.4) is 0 Å². The Balaban J connectivity index is 1.92. The van der Waals surface area contributed by atoms with Gasteiger partial charge in [-0.2, -0.15) is 0 Å². The molecule has 5 nitrogen and oxygen atoms in total. The van der Waals surface area contributed by atoms with E-state index in [0.717, 1.165) is 37.4 Å². The minimum Gasteiger partial charge on any atom is -0.394 e. The number of aliphatic hydroxyl groups excluding tert-OH is 1. The first kappa shape index (κ1) is 14.2. The molecule has 1 aliphatic heterocycles. The van der Waals surface area contributed by atoms with E-state index >= 15 is 0 Å². The zero-order valence-corrected chi connectivity index (χ0v) is 11.7. The second-order valence-electron chi connectivity index (χ2n) is 5.24. The summed E-state index contributed by atoms with van der Waals surface area (Å²) >= 11 is 0. The summed E-state index contributed by atoms with van der Waals surface area (Å²) in [5, 5.41) is 8.76. The first-order chi connectivity index (χ1) is 9.20. The van der Waals surface area contributed by atoms with Gasteiger partial charge in [-0.05, 0) is 18.8 Å². The molecule has 106 valence electrons. The van der Waals surface area contributed by atoms with E-state index in [0.29, 0.717) is 12.5 Å². The fourth-order valence-corrected chi connectivity index (χ4v) is 2.32. The summed E-state index contributed by atoms with van der Waals surface area (Å²) in [5.74, 6) is 1.44. The summed E-state index contributed by atoms with van der Waals surface area (Å²) in [5.41, 5.74) is 1.09. The van der Waals surface area contributed by atoms with E-state index in [1.54, 1.807) is 6.33 Å². The number of hydrogen-bond donors (Lipinski definition) is 1. The van der Waals surface area contributed by atoms with Gasteiger partial charge in [0.25, 0.3) is 0 Å². The van der Waals surface area contributed by atoms with E-state index < -0.39 is 0 Å². The minimum absolute atomic E-state index is 0.101. The predicted octanol–water partition coefficient (Wildman–Crippen LogP) is 1.58. The number of piperidine rings is 1. The quantitative estimate of drug-likeness (QED) is 0.876. The van der Waals surface area contributed by atoms with Crippen LogP contribution in [0.4, 0.5) is 5.82 Å². The van der Waals surface area contributed by atoms with E-state index in [1.165, 1.54) is 0 Å². The van der Waals surface area contributed by atoms with E-state index in [1.807, 2.05) is 0 Å². The number of aromatic nitrogens is 2. The lowest BCUT2D eigenvalue weighted by atomic mass is 10.1. The van der Waals surface area contributed by atoms with Crippen molar-refractivity contribution in [3.63, 3.8) is 0 Å². The highest BCUT2D eigenvalue weighted by Gasteiger charge is 2.20. The van der Waals surface area contributed by atoms with Gasteiger partial charge >= 0.3 is 0 Å². The molecule has 2 rings (SSSR count). The Kier molecular flexibility index (Phi) is 5.10. The van der Waals surface area contributed by atoms with Crippen molar-refractivity contribution in [2.45, 2.75) is 38.7 Å². The molecule has 0 saturated carbocycles. The van der Waals surface area contributed by atoms with Crippen LogP contribution in [-0.2, 0) is 4.74 Å². The molecule has 1 N–H and O–H groups in total. The zero-order valence-electron chi connectivity index (χ0n) is 11.7. The minimum atomic E-state index is 0.101. The normalized spacial score (nSPS) is 17.2. The van der Waals surface area contributed by atoms with Gasteiger partial charge in [0, 0.05) is 24.8 Å². The molecule has 0 aliphatic carbocycles. The monoisotopic (exact) mass is 265 g/mol. The second-order valence-corrected chi connectivity index (χ2v) is 5.24. The molecule has 1 aromatic rings. The molecule has 0 radical (unpaired) electrons. The summed E-state index contributed by atoms with van der Waals surface area (Å²) in [4.78, 5) is 10.9. The highest BCUT2D eigenvalue weighted by atomic mass is 16.5. The van der Waals surface area contributed by atoms with Gasteiger partial charge in [-0.25, -0.2) is 9.97 Å². The lowest BCUT2D eigenvalue weighted by Gasteiger charge is -2.32. The Hall–Kier alpha value is -1.20. The van der Waals surface area contributed by atoms with Crippen LogP contribution in [0.1, 0.15) is 38.3 Å². The molecule has 1 aliphatic rings. The van der Waals surface area contributed by atoms with Gasteiger partial charge in [0.15, 0.2) is 0 Å². The van der Waals surface area contributed by atoms with Crippen LogP contribution in [0.25, 0.3) is 0 Å². The number of hydrogen-bond acceptors (Lipinski definition) is 5. The molecule has 0 unspecified atom stereocenters. The maximum Gasteiger partial charge on any atom is 0.132 e. The molecule has 0 aromatic carbocycles. The van der Waals surface area contributed by atoms with E-state index in [9.17, 15) is 0 Å². The standard InChI is InChI=1S/C14H23N3O2/c1-11(2)13-9-14(16-10-15-13)17-5-3-12(4-6-17)19-8-7-18/h9-12,18H,3-8H2,1-2H3. The molecule has 1 fully saturated rings. The molecule has 0 spiro atoms. The topological polar surface area (TPSA) is 58.5 Å². The number of ether oxygens (including phenoxy) is 1. The Morgan fingerprint density at radius 3 is 2.74 bits per heavy atom. The highest BCUT2D eigenvalue weighted by molar-refractivity contribution is 5.39. The summed E-state index contributed by atoms with van der Waals surface area (Å²) in [7, 11) is 0. The third kappa shape index (κ3) is 3.88. The lowest BCUT2D eigenvalue weighted by Crippen LogP contribution is -2.37. The maximum atomic E-state index is 8.76. The lowest BCUT2D eigenvalue weighted by molar-refractivity contribution is 0.0158. The fourth-order valence-electron chi connectivity index (χ4n) is 2.32. The molecular weight excluding hydrogens is 242 g/mol. The Morgan fingerprint density at radius 2 is 2.11 bits per heavy atom. The van der Waals surface area contributed by atoms with Crippen LogP contribution < -0.4 is 4.90 Å². The zero-order chi connectivity index (χ0) is 13.7. The van der Waals surface area contributed by atoms with Gasteiger partial charge in [-0.1, -0.05) is 13.8 Å². The summed E-state index contributed by atoms with van der Waals surface area (Å²) < 4.78 is 5.57. The molecule has 1 aromatic heterocycles. The van der Waals surface area contributed by atoms with Gasteiger partial charge in [0.05, 0.1) is 19.3 Å². The highest BCUT2D eigenvalue weighted by Crippen LogP contribution is 2.21. The van der Waals surface area contributed by atoms with Gasteiger partial charge in [-0.3, -0.25) is 0 Å². The van der Waals surface area contributed by atoms with Crippen molar-refractivity contribution in [1.29, 1.82) is 0 Å². The van der Waals surface area contributed by atoms with Gasteiger partial charge in [-0.15, -0.1) is 0 Å². The van der Waals surface area contributed by atoms with E-state index in [-0.39, 0.29) is 12.7 Å². The molecule has 1 saturated heterocycles. The first-order valence-electron chi connectivity index (χ1n) is 7.00. The molecule has 0 atom stereocenters. The molecule has 5 heteroatoms. The van der Waals surface area contributed by atoms with Crippen LogP contribution in [-0.4, -0.2) is 47.5 Å². The van der Waals surface area contributed by atoms with Gasteiger partial charge in [0.1, 0.15) is 12.1 Å². The summed E-state index contributed by atoms with van der Waals surface area (Å²) in [6.45, 7) is 6.72. The Labute approximate surface area is 114 Å². The van der Waals surface area contributed by atoms with Crippen molar-refractivity contribution in [2.75, 3.05) is 31.2 Å². The first-order valence-corrected chi connectivity index (χ1v) is 7.00. The summed E-state index contributed by atoms with van der Waals surface area (Å²) in [6.07, 6.45) is 3.90. The third-order valence-corrected chi connectivity index (χ3v) is 3.48. The average Bonchev–Trinajstić information content (AvgIpc) is 2.46. The summed E-state index contributed by atoms with van der Waals surface area (Å²) in [6, 6.07) is 2.08. The largest absolute Gasteiger partial charge is 0.394 e. The van der Waals surface area contributed by atoms with Gasteiger partial charge in [0.2, 0.25) is 0 Å². The predicted molar refractivity (Wildman–Crippen MR) is 74.4 cm³/mol. The molecule has 0 amide bonds. The number of anilines is 1. The Morgan fingerprint density at radius 1 is 1.37 bits per heavy atom. The Bertz CT molecular complexity index is 390. The smallest absolute Gasteiger partial charge is 0.132 e. The number of aliphatic hydroxyl groups is 1. The van der Waals surface area contributed by atoms with Crippen LogP contribution in [0.2, 0.25) is 0 Å². The van der Waals surface area contributed by atoms with E-state index in [4.69, 9.17) is 9.84 Å². The van der Waals surface area contributed by atoms with Crippen molar-refractivity contribution in [1.82, 2.24) is 9.97 Å². The van der Waals surface area contributed by atoms with Crippen molar-refractivity contribution in [3.05, 3.63) is 18.1 Å². The van der Waals surface area contributed by atoms with Crippen LogP contribution in [0.5, 0.6) is 0 Å². The van der Waals surface area contributed by atoms with E-state index in [2.05, 4.69) is 34.8 Å². The molecule has 0 bridgehead atoms. The van der Waals surface area contributed by atoms with Crippen molar-refractivity contribution < 1.29 is 9.84 Å². The van der Waals surface area contributed by atoms with Crippen molar-refractivity contribution >= 4 is 5.82 Å².